The molecule has 0 saturated carbocycles. The van der Waals surface area contributed by atoms with E-state index in [0.717, 1.165) is 13.2 Å². The zero-order valence-corrected chi connectivity index (χ0v) is 6.21. The monoisotopic (exact) mass is 142 g/mol. The van der Waals surface area contributed by atoms with Gasteiger partial charge in [-0.25, -0.2) is 0 Å². The molecule has 2 heteroatoms. The summed E-state index contributed by atoms with van der Waals surface area (Å²) in [5, 5.41) is 0. The predicted octanol–water partition coefficient (Wildman–Crippen LogP) is 1.34. The van der Waals surface area contributed by atoms with E-state index in [4.69, 9.17) is 9.47 Å². The molecule has 0 aromatic heterocycles. The summed E-state index contributed by atoms with van der Waals surface area (Å²) in [7, 11) is 0. The van der Waals surface area contributed by atoms with Gasteiger partial charge in [0.25, 0.3) is 0 Å². The molecule has 2 fully saturated rings. The highest BCUT2D eigenvalue weighted by Crippen LogP contribution is 2.24. The molecule has 0 aromatic rings. The Hall–Kier alpha value is -0.0800. The first-order valence-corrected chi connectivity index (χ1v) is 4.20. The van der Waals surface area contributed by atoms with Gasteiger partial charge in [-0.05, 0) is 25.7 Å². The van der Waals surface area contributed by atoms with Crippen LogP contribution in [0.15, 0.2) is 0 Å². The third kappa shape index (κ3) is 1.18. The van der Waals surface area contributed by atoms with Gasteiger partial charge in [0.2, 0.25) is 0 Å². The van der Waals surface area contributed by atoms with Crippen LogP contribution in [-0.4, -0.2) is 25.4 Å². The smallest absolute Gasteiger partial charge is 0.0837 e. The highest BCUT2D eigenvalue weighted by molar-refractivity contribution is 4.78. The summed E-state index contributed by atoms with van der Waals surface area (Å²) in [6.45, 7) is 1.90. The van der Waals surface area contributed by atoms with Crippen LogP contribution < -0.4 is 0 Å². The van der Waals surface area contributed by atoms with Crippen molar-refractivity contribution >= 4 is 0 Å². The zero-order valence-electron chi connectivity index (χ0n) is 6.21. The van der Waals surface area contributed by atoms with Crippen molar-refractivity contribution in [2.75, 3.05) is 13.2 Å². The Morgan fingerprint density at radius 1 is 0.800 bits per heavy atom. The summed E-state index contributed by atoms with van der Waals surface area (Å²) in [5.74, 6) is 0. The minimum absolute atomic E-state index is 0.433. The van der Waals surface area contributed by atoms with Crippen LogP contribution in [0, 0.1) is 0 Å². The second-order valence-electron chi connectivity index (χ2n) is 3.10. The predicted molar refractivity (Wildman–Crippen MR) is 37.9 cm³/mol. The van der Waals surface area contributed by atoms with Gasteiger partial charge in [0.15, 0.2) is 0 Å². The van der Waals surface area contributed by atoms with E-state index >= 15 is 0 Å². The SMILES string of the molecule is C1CO[C@@H]2CCCO[C@@H]2C1. The fraction of sp³-hybridized carbons (Fsp3) is 1.00. The molecular formula is C8H14O2. The van der Waals surface area contributed by atoms with Gasteiger partial charge < -0.3 is 9.47 Å². The molecule has 58 valence electrons. The van der Waals surface area contributed by atoms with Crippen molar-refractivity contribution in [3.05, 3.63) is 0 Å². The summed E-state index contributed by atoms with van der Waals surface area (Å²) in [6, 6.07) is 0. The Bertz CT molecular complexity index is 87.8. The lowest BCUT2D eigenvalue weighted by atomic mass is 9.99. The lowest BCUT2D eigenvalue weighted by Crippen LogP contribution is -2.39. The summed E-state index contributed by atoms with van der Waals surface area (Å²) in [5.41, 5.74) is 0. The van der Waals surface area contributed by atoms with E-state index in [2.05, 4.69) is 0 Å². The average Bonchev–Trinajstić information content (AvgIpc) is 2.05. The highest BCUT2D eigenvalue weighted by atomic mass is 16.5. The van der Waals surface area contributed by atoms with Crippen LogP contribution in [0.1, 0.15) is 25.7 Å². The van der Waals surface area contributed by atoms with E-state index < -0.39 is 0 Å². The maximum Gasteiger partial charge on any atom is 0.0837 e. The van der Waals surface area contributed by atoms with Gasteiger partial charge in [0, 0.05) is 13.2 Å². The summed E-state index contributed by atoms with van der Waals surface area (Å²) >= 11 is 0. The Morgan fingerprint density at radius 3 is 1.80 bits per heavy atom. The minimum Gasteiger partial charge on any atom is -0.376 e. The highest BCUT2D eigenvalue weighted by Gasteiger charge is 2.28. The fourth-order valence-corrected chi connectivity index (χ4v) is 1.79. The van der Waals surface area contributed by atoms with Crippen molar-refractivity contribution in [3.8, 4) is 0 Å². The van der Waals surface area contributed by atoms with Crippen LogP contribution >= 0.6 is 0 Å². The molecule has 2 aliphatic rings. The van der Waals surface area contributed by atoms with Gasteiger partial charge in [0.1, 0.15) is 0 Å². The third-order valence-electron chi connectivity index (χ3n) is 2.34. The van der Waals surface area contributed by atoms with E-state index in [9.17, 15) is 0 Å². The second kappa shape index (κ2) is 2.89. The van der Waals surface area contributed by atoms with Crippen molar-refractivity contribution < 1.29 is 9.47 Å². The molecule has 0 aromatic carbocycles. The van der Waals surface area contributed by atoms with Crippen molar-refractivity contribution in [2.45, 2.75) is 37.9 Å². The van der Waals surface area contributed by atoms with E-state index in [-0.39, 0.29) is 0 Å². The number of hydrogen-bond acceptors (Lipinski definition) is 2. The van der Waals surface area contributed by atoms with Crippen molar-refractivity contribution in [2.24, 2.45) is 0 Å². The third-order valence-corrected chi connectivity index (χ3v) is 2.34. The quantitative estimate of drug-likeness (QED) is 0.508. The van der Waals surface area contributed by atoms with E-state index in [0.29, 0.717) is 12.2 Å². The molecule has 0 bridgehead atoms. The number of ether oxygens (including phenoxy) is 2. The molecule has 0 radical (unpaired) electrons. The van der Waals surface area contributed by atoms with Crippen LogP contribution in [-0.2, 0) is 9.47 Å². The zero-order chi connectivity index (χ0) is 6.81. The Labute approximate surface area is 61.5 Å². The second-order valence-corrected chi connectivity index (χ2v) is 3.10. The van der Waals surface area contributed by atoms with Gasteiger partial charge in [-0.1, -0.05) is 0 Å². The van der Waals surface area contributed by atoms with Crippen LogP contribution in [0.25, 0.3) is 0 Å². The first kappa shape index (κ1) is 6.62. The Kier molecular flexibility index (Phi) is 1.91. The molecule has 2 atom stereocenters. The molecule has 0 unspecified atom stereocenters. The van der Waals surface area contributed by atoms with Gasteiger partial charge >= 0.3 is 0 Å². The molecule has 2 nitrogen and oxygen atoms in total. The molecule has 2 aliphatic heterocycles. The summed E-state index contributed by atoms with van der Waals surface area (Å²) in [4.78, 5) is 0. The lowest BCUT2D eigenvalue weighted by Gasteiger charge is -2.35. The molecule has 0 amide bonds. The number of fused-ring (bicyclic) bond motifs is 1. The maximum atomic E-state index is 5.56. The standard InChI is InChI=1S/C8H14O2/c1-3-7-8(9-5-1)4-2-6-10-7/h7-8H,1-6H2/t7-,8-/m1/s1. The lowest BCUT2D eigenvalue weighted by molar-refractivity contribution is -0.133. The van der Waals surface area contributed by atoms with Crippen LogP contribution in [0.2, 0.25) is 0 Å². The van der Waals surface area contributed by atoms with Crippen LogP contribution in [0.4, 0.5) is 0 Å². The van der Waals surface area contributed by atoms with Gasteiger partial charge in [0.05, 0.1) is 12.2 Å². The molecule has 2 heterocycles. The van der Waals surface area contributed by atoms with E-state index in [1.54, 1.807) is 0 Å². The van der Waals surface area contributed by atoms with Crippen molar-refractivity contribution in [1.29, 1.82) is 0 Å². The largest absolute Gasteiger partial charge is 0.376 e. The maximum absolute atomic E-state index is 5.56. The van der Waals surface area contributed by atoms with Crippen molar-refractivity contribution in [3.63, 3.8) is 0 Å². The fourth-order valence-electron chi connectivity index (χ4n) is 1.79. The summed E-state index contributed by atoms with van der Waals surface area (Å²) in [6.07, 6.45) is 5.66. The molecule has 10 heavy (non-hydrogen) atoms. The van der Waals surface area contributed by atoms with Gasteiger partial charge in [-0.3, -0.25) is 0 Å². The Balaban J connectivity index is 1.93. The number of rotatable bonds is 0. The Morgan fingerprint density at radius 2 is 1.30 bits per heavy atom. The summed E-state index contributed by atoms with van der Waals surface area (Å²) < 4.78 is 11.1. The van der Waals surface area contributed by atoms with Crippen molar-refractivity contribution in [1.82, 2.24) is 0 Å². The van der Waals surface area contributed by atoms with Crippen LogP contribution in [0.3, 0.4) is 0 Å². The van der Waals surface area contributed by atoms with Gasteiger partial charge in [-0.2, -0.15) is 0 Å². The van der Waals surface area contributed by atoms with Crippen LogP contribution in [0.5, 0.6) is 0 Å². The number of hydrogen-bond donors (Lipinski definition) is 0. The average molecular weight is 142 g/mol. The minimum atomic E-state index is 0.433. The molecule has 0 aliphatic carbocycles. The first-order valence-electron chi connectivity index (χ1n) is 4.20. The van der Waals surface area contributed by atoms with E-state index in [1.807, 2.05) is 0 Å². The molecule has 2 rings (SSSR count). The molecule has 0 spiro atoms. The molecule has 2 saturated heterocycles. The van der Waals surface area contributed by atoms with Gasteiger partial charge in [-0.15, -0.1) is 0 Å². The molecule has 0 N–H and O–H groups in total. The normalized spacial score (nSPS) is 40.8. The van der Waals surface area contributed by atoms with E-state index in [1.165, 1.54) is 25.7 Å². The topological polar surface area (TPSA) is 18.5 Å². The first-order chi connectivity index (χ1) is 4.97. The molecular weight excluding hydrogens is 128 g/mol.